The molecule has 0 spiro atoms. The van der Waals surface area contributed by atoms with Crippen LogP contribution in [0.5, 0.6) is 11.5 Å². The summed E-state index contributed by atoms with van der Waals surface area (Å²) in [6.07, 6.45) is 3.86. The topological polar surface area (TPSA) is 47.6 Å². The molecule has 25 heavy (non-hydrogen) atoms. The van der Waals surface area contributed by atoms with E-state index in [0.29, 0.717) is 36.3 Å². The van der Waals surface area contributed by atoms with E-state index in [-0.39, 0.29) is 11.7 Å². The minimum atomic E-state index is -0.304. The molecule has 1 aliphatic heterocycles. The summed E-state index contributed by atoms with van der Waals surface area (Å²) in [6, 6.07) is 9.48. The number of amides is 1. The summed E-state index contributed by atoms with van der Waals surface area (Å²) in [7, 11) is 0. The third-order valence-electron chi connectivity index (χ3n) is 3.63. The van der Waals surface area contributed by atoms with Crippen molar-refractivity contribution >= 4 is 23.6 Å². The van der Waals surface area contributed by atoms with Crippen molar-refractivity contribution in [2.45, 2.75) is 13.0 Å². The van der Waals surface area contributed by atoms with Gasteiger partial charge in [-0.2, -0.15) is 0 Å². The van der Waals surface area contributed by atoms with Crippen molar-refractivity contribution in [2.75, 3.05) is 13.2 Å². The first kappa shape index (κ1) is 17.3. The highest BCUT2D eigenvalue weighted by atomic mass is 35.5. The molecule has 0 aromatic heterocycles. The molecule has 1 aliphatic rings. The second kappa shape index (κ2) is 8.03. The Bertz CT molecular complexity index is 790. The van der Waals surface area contributed by atoms with Gasteiger partial charge in [-0.25, -0.2) is 4.39 Å². The molecule has 2 aromatic rings. The Morgan fingerprint density at radius 3 is 2.76 bits per heavy atom. The van der Waals surface area contributed by atoms with Crippen molar-refractivity contribution in [2.24, 2.45) is 0 Å². The zero-order chi connectivity index (χ0) is 17.6. The molecule has 0 fully saturated rings. The summed E-state index contributed by atoms with van der Waals surface area (Å²) in [4.78, 5) is 11.9. The van der Waals surface area contributed by atoms with Gasteiger partial charge in [-0.3, -0.25) is 4.79 Å². The lowest BCUT2D eigenvalue weighted by Gasteiger charge is -2.10. The molecular formula is C19H17ClFNO3. The average molecular weight is 362 g/mol. The maximum atomic E-state index is 12.8. The Kier molecular flexibility index (Phi) is 5.56. The molecule has 0 saturated heterocycles. The van der Waals surface area contributed by atoms with Crippen molar-refractivity contribution in [3.8, 4) is 11.5 Å². The molecule has 2 aromatic carbocycles. The highest BCUT2D eigenvalue weighted by Crippen LogP contribution is 2.38. The van der Waals surface area contributed by atoms with E-state index in [1.165, 1.54) is 18.2 Å². The summed E-state index contributed by atoms with van der Waals surface area (Å²) < 4.78 is 24.0. The highest BCUT2D eigenvalue weighted by Gasteiger charge is 2.14. The molecule has 130 valence electrons. The zero-order valence-electron chi connectivity index (χ0n) is 13.4. The van der Waals surface area contributed by atoms with Crippen LogP contribution in [0, 0.1) is 5.82 Å². The van der Waals surface area contributed by atoms with E-state index >= 15 is 0 Å². The number of carbonyl (C=O) groups excluding carboxylic acids is 1. The van der Waals surface area contributed by atoms with Gasteiger partial charge >= 0.3 is 0 Å². The molecule has 6 heteroatoms. The van der Waals surface area contributed by atoms with Gasteiger partial charge in [0.25, 0.3) is 0 Å². The quantitative estimate of drug-likeness (QED) is 0.838. The molecule has 0 unspecified atom stereocenters. The molecule has 1 N–H and O–H groups in total. The standard InChI is InChI=1S/C19H17ClFNO3/c20-16-10-14(11-17-19(16)25-9-1-8-24-17)4-7-18(23)22-12-13-2-5-15(21)6-3-13/h2-7,10-11H,1,8-9,12H2,(H,22,23)/b7-4+. The minimum absolute atomic E-state index is 0.257. The van der Waals surface area contributed by atoms with Gasteiger partial charge in [-0.1, -0.05) is 23.7 Å². The number of ether oxygens (including phenoxy) is 2. The fourth-order valence-corrected chi connectivity index (χ4v) is 2.64. The van der Waals surface area contributed by atoms with Crippen LogP contribution in [0.1, 0.15) is 17.5 Å². The first-order valence-corrected chi connectivity index (χ1v) is 8.29. The highest BCUT2D eigenvalue weighted by molar-refractivity contribution is 6.32. The summed E-state index contributed by atoms with van der Waals surface area (Å²) in [5, 5.41) is 3.19. The third-order valence-corrected chi connectivity index (χ3v) is 3.91. The maximum Gasteiger partial charge on any atom is 0.244 e. The van der Waals surface area contributed by atoms with E-state index in [9.17, 15) is 9.18 Å². The Labute approximate surface area is 150 Å². The van der Waals surface area contributed by atoms with Crippen LogP contribution in [0.15, 0.2) is 42.5 Å². The van der Waals surface area contributed by atoms with Crippen LogP contribution in [0.3, 0.4) is 0 Å². The Morgan fingerprint density at radius 2 is 1.96 bits per heavy atom. The van der Waals surface area contributed by atoms with E-state index in [0.717, 1.165) is 17.5 Å². The van der Waals surface area contributed by atoms with Gasteiger partial charge in [0.2, 0.25) is 5.91 Å². The van der Waals surface area contributed by atoms with Crippen molar-refractivity contribution < 1.29 is 18.7 Å². The van der Waals surface area contributed by atoms with Crippen molar-refractivity contribution in [1.82, 2.24) is 5.32 Å². The van der Waals surface area contributed by atoms with Crippen molar-refractivity contribution in [3.05, 3.63) is 64.4 Å². The molecule has 1 amide bonds. The Hall–Kier alpha value is -2.53. The number of hydrogen-bond donors (Lipinski definition) is 1. The van der Waals surface area contributed by atoms with Crippen molar-refractivity contribution in [1.29, 1.82) is 0 Å². The van der Waals surface area contributed by atoms with Gasteiger partial charge in [0.05, 0.1) is 18.2 Å². The normalized spacial score (nSPS) is 13.5. The summed E-state index contributed by atoms with van der Waals surface area (Å²) in [5.74, 6) is 0.558. The van der Waals surface area contributed by atoms with E-state index in [2.05, 4.69) is 5.32 Å². The maximum absolute atomic E-state index is 12.8. The van der Waals surface area contributed by atoms with Gasteiger partial charge in [0, 0.05) is 19.0 Å². The first-order valence-electron chi connectivity index (χ1n) is 7.91. The number of halogens is 2. The van der Waals surface area contributed by atoms with Gasteiger partial charge in [-0.05, 0) is 41.5 Å². The molecule has 0 bridgehead atoms. The molecular weight excluding hydrogens is 345 g/mol. The van der Waals surface area contributed by atoms with Crippen LogP contribution >= 0.6 is 11.6 Å². The Balaban J connectivity index is 1.63. The molecule has 0 saturated carbocycles. The van der Waals surface area contributed by atoms with E-state index in [4.69, 9.17) is 21.1 Å². The molecule has 0 aliphatic carbocycles. The summed E-state index contributed by atoms with van der Waals surface area (Å²) in [5.41, 5.74) is 1.56. The summed E-state index contributed by atoms with van der Waals surface area (Å²) >= 11 is 6.22. The predicted octanol–water partition coefficient (Wildman–Crippen LogP) is 3.97. The third kappa shape index (κ3) is 4.73. The second-order valence-electron chi connectivity index (χ2n) is 5.56. The monoisotopic (exact) mass is 361 g/mol. The molecule has 0 radical (unpaired) electrons. The summed E-state index contributed by atoms with van der Waals surface area (Å²) in [6.45, 7) is 1.45. The Morgan fingerprint density at radius 1 is 1.20 bits per heavy atom. The number of hydrogen-bond acceptors (Lipinski definition) is 3. The largest absolute Gasteiger partial charge is 0.489 e. The van der Waals surface area contributed by atoms with Crippen LogP contribution in [-0.2, 0) is 11.3 Å². The minimum Gasteiger partial charge on any atom is -0.489 e. The number of rotatable bonds is 4. The fraction of sp³-hybridized carbons (Fsp3) is 0.211. The van der Waals surface area contributed by atoms with Crippen LogP contribution in [-0.4, -0.2) is 19.1 Å². The van der Waals surface area contributed by atoms with Crippen molar-refractivity contribution in [3.63, 3.8) is 0 Å². The molecule has 3 rings (SSSR count). The number of benzene rings is 2. The number of nitrogens with one attached hydrogen (secondary N) is 1. The number of carbonyl (C=O) groups is 1. The molecule has 1 heterocycles. The van der Waals surface area contributed by atoms with Crippen LogP contribution in [0.4, 0.5) is 4.39 Å². The lowest BCUT2D eigenvalue weighted by atomic mass is 10.2. The zero-order valence-corrected chi connectivity index (χ0v) is 14.2. The second-order valence-corrected chi connectivity index (χ2v) is 5.97. The van der Waals surface area contributed by atoms with Crippen LogP contribution in [0.25, 0.3) is 6.08 Å². The fourth-order valence-electron chi connectivity index (χ4n) is 2.37. The van der Waals surface area contributed by atoms with Gasteiger partial charge < -0.3 is 14.8 Å². The number of fused-ring (bicyclic) bond motifs is 1. The molecule has 4 nitrogen and oxygen atoms in total. The van der Waals surface area contributed by atoms with E-state index in [1.807, 2.05) is 0 Å². The SMILES string of the molecule is O=C(/C=C/c1cc(Cl)c2c(c1)OCCCO2)NCc1ccc(F)cc1. The van der Waals surface area contributed by atoms with Gasteiger partial charge in [0.15, 0.2) is 11.5 Å². The average Bonchev–Trinajstić information content (AvgIpc) is 2.85. The van der Waals surface area contributed by atoms with Crippen LogP contribution < -0.4 is 14.8 Å². The van der Waals surface area contributed by atoms with E-state index in [1.54, 1.807) is 30.3 Å². The van der Waals surface area contributed by atoms with E-state index < -0.39 is 0 Å². The van der Waals surface area contributed by atoms with Crippen LogP contribution in [0.2, 0.25) is 5.02 Å². The first-order chi connectivity index (χ1) is 12.1. The smallest absolute Gasteiger partial charge is 0.244 e. The predicted molar refractivity (Wildman–Crippen MR) is 94.3 cm³/mol. The lowest BCUT2D eigenvalue weighted by Crippen LogP contribution is -2.20. The van der Waals surface area contributed by atoms with Gasteiger partial charge in [0.1, 0.15) is 5.82 Å². The van der Waals surface area contributed by atoms with Gasteiger partial charge in [-0.15, -0.1) is 0 Å². The lowest BCUT2D eigenvalue weighted by molar-refractivity contribution is -0.116. The molecule has 0 atom stereocenters.